The van der Waals surface area contributed by atoms with Crippen LogP contribution in [-0.4, -0.2) is 17.2 Å². The zero-order chi connectivity index (χ0) is 7.56. The SMILES string of the molecule is NO[C@@H](CC1CC1)C(=O)O. The maximum absolute atomic E-state index is 10.3. The third-order valence-electron chi connectivity index (χ3n) is 1.68. The van der Waals surface area contributed by atoms with Crippen LogP contribution in [0.3, 0.4) is 0 Å². The molecule has 4 heteroatoms. The molecule has 10 heavy (non-hydrogen) atoms. The quantitative estimate of drug-likeness (QED) is 0.551. The lowest BCUT2D eigenvalue weighted by atomic mass is 10.2. The van der Waals surface area contributed by atoms with Crippen molar-refractivity contribution in [3.8, 4) is 0 Å². The van der Waals surface area contributed by atoms with Crippen LogP contribution in [-0.2, 0) is 9.63 Å². The minimum Gasteiger partial charge on any atom is -0.479 e. The van der Waals surface area contributed by atoms with Crippen LogP contribution < -0.4 is 5.90 Å². The van der Waals surface area contributed by atoms with Crippen LogP contribution in [0.1, 0.15) is 19.3 Å². The number of nitrogens with two attached hydrogens (primary N) is 1. The minimum atomic E-state index is -0.964. The molecule has 0 bridgehead atoms. The Bertz CT molecular complexity index is 133. The highest BCUT2D eigenvalue weighted by molar-refractivity contribution is 5.72. The fourth-order valence-electron chi connectivity index (χ4n) is 0.871. The molecule has 0 unspecified atom stereocenters. The second-order valence-electron chi connectivity index (χ2n) is 2.64. The summed E-state index contributed by atoms with van der Waals surface area (Å²) in [6.07, 6.45) is 2.00. The molecule has 0 aliphatic heterocycles. The smallest absolute Gasteiger partial charge is 0.334 e. The summed E-state index contributed by atoms with van der Waals surface area (Å²) in [4.78, 5) is 14.6. The van der Waals surface area contributed by atoms with Gasteiger partial charge in [-0.1, -0.05) is 12.8 Å². The molecular formula is C6H11NO3. The van der Waals surface area contributed by atoms with Crippen molar-refractivity contribution in [2.24, 2.45) is 11.8 Å². The van der Waals surface area contributed by atoms with Gasteiger partial charge in [0.25, 0.3) is 0 Å². The first-order valence-corrected chi connectivity index (χ1v) is 3.32. The molecule has 0 saturated heterocycles. The lowest BCUT2D eigenvalue weighted by molar-refractivity contribution is -0.151. The summed E-state index contributed by atoms with van der Waals surface area (Å²) in [5, 5.41) is 8.44. The standard InChI is InChI=1S/C6H11NO3/c7-10-5(6(8)9)3-4-1-2-4/h4-5H,1-3,7H2,(H,8,9)/t5-/m0/s1. The third-order valence-corrected chi connectivity index (χ3v) is 1.68. The maximum atomic E-state index is 10.3. The summed E-state index contributed by atoms with van der Waals surface area (Å²) < 4.78 is 0. The number of carbonyl (C=O) groups is 1. The van der Waals surface area contributed by atoms with Crippen molar-refractivity contribution in [1.29, 1.82) is 0 Å². The lowest BCUT2D eigenvalue weighted by Crippen LogP contribution is -2.27. The lowest BCUT2D eigenvalue weighted by Gasteiger charge is -2.06. The van der Waals surface area contributed by atoms with E-state index in [1.165, 1.54) is 0 Å². The highest BCUT2D eigenvalue weighted by atomic mass is 16.6. The molecular weight excluding hydrogens is 134 g/mol. The van der Waals surface area contributed by atoms with E-state index in [9.17, 15) is 4.79 Å². The van der Waals surface area contributed by atoms with Gasteiger partial charge in [0.15, 0.2) is 6.10 Å². The number of hydrogen-bond donors (Lipinski definition) is 2. The predicted molar refractivity (Wildman–Crippen MR) is 34.0 cm³/mol. The van der Waals surface area contributed by atoms with Crippen LogP contribution in [0, 0.1) is 5.92 Å². The van der Waals surface area contributed by atoms with E-state index >= 15 is 0 Å². The fourth-order valence-corrected chi connectivity index (χ4v) is 0.871. The summed E-state index contributed by atoms with van der Waals surface area (Å²) in [6, 6.07) is 0. The summed E-state index contributed by atoms with van der Waals surface area (Å²) in [5.41, 5.74) is 0. The Hall–Kier alpha value is -0.610. The first kappa shape index (κ1) is 7.50. The molecule has 0 amide bonds. The van der Waals surface area contributed by atoms with Gasteiger partial charge in [-0.15, -0.1) is 0 Å². The second kappa shape index (κ2) is 2.98. The van der Waals surface area contributed by atoms with E-state index in [0.29, 0.717) is 12.3 Å². The van der Waals surface area contributed by atoms with Gasteiger partial charge < -0.3 is 5.11 Å². The Morgan fingerprint density at radius 3 is 2.70 bits per heavy atom. The van der Waals surface area contributed by atoms with Crippen molar-refractivity contribution in [2.75, 3.05) is 0 Å². The molecule has 1 saturated carbocycles. The molecule has 0 spiro atoms. The number of rotatable bonds is 4. The Morgan fingerprint density at radius 2 is 2.40 bits per heavy atom. The topological polar surface area (TPSA) is 72.5 Å². The number of carboxylic acid groups (broad SMARTS) is 1. The van der Waals surface area contributed by atoms with Crippen molar-refractivity contribution in [3.63, 3.8) is 0 Å². The zero-order valence-corrected chi connectivity index (χ0v) is 5.62. The first-order chi connectivity index (χ1) is 4.74. The average molecular weight is 145 g/mol. The molecule has 0 heterocycles. The summed E-state index contributed by atoms with van der Waals surface area (Å²) in [6.45, 7) is 0. The average Bonchev–Trinajstić information content (AvgIpc) is 2.64. The molecule has 0 aromatic heterocycles. The third kappa shape index (κ3) is 1.97. The molecule has 4 nitrogen and oxygen atoms in total. The van der Waals surface area contributed by atoms with Crippen LogP contribution in [0.5, 0.6) is 0 Å². The van der Waals surface area contributed by atoms with Gasteiger partial charge in [0.1, 0.15) is 0 Å². The van der Waals surface area contributed by atoms with Crippen molar-refractivity contribution in [3.05, 3.63) is 0 Å². The van der Waals surface area contributed by atoms with Crippen molar-refractivity contribution in [1.82, 2.24) is 0 Å². The first-order valence-electron chi connectivity index (χ1n) is 3.32. The van der Waals surface area contributed by atoms with Gasteiger partial charge in [-0.05, 0) is 12.3 Å². The van der Waals surface area contributed by atoms with Gasteiger partial charge in [0.2, 0.25) is 0 Å². The molecule has 1 atom stereocenters. The van der Waals surface area contributed by atoms with Gasteiger partial charge in [-0.2, -0.15) is 0 Å². The van der Waals surface area contributed by atoms with Gasteiger partial charge in [-0.25, -0.2) is 10.7 Å². The zero-order valence-electron chi connectivity index (χ0n) is 5.62. The van der Waals surface area contributed by atoms with Crippen LogP contribution >= 0.6 is 0 Å². The van der Waals surface area contributed by atoms with Crippen LogP contribution in [0.4, 0.5) is 0 Å². The monoisotopic (exact) mass is 145 g/mol. The number of hydrogen-bond acceptors (Lipinski definition) is 3. The largest absolute Gasteiger partial charge is 0.479 e. The second-order valence-corrected chi connectivity index (χ2v) is 2.64. The van der Waals surface area contributed by atoms with E-state index < -0.39 is 12.1 Å². The van der Waals surface area contributed by atoms with Gasteiger partial charge in [0.05, 0.1) is 0 Å². The molecule has 0 radical (unpaired) electrons. The molecule has 1 fully saturated rings. The van der Waals surface area contributed by atoms with E-state index in [0.717, 1.165) is 12.8 Å². The van der Waals surface area contributed by atoms with E-state index in [4.69, 9.17) is 11.0 Å². The Morgan fingerprint density at radius 1 is 1.80 bits per heavy atom. The summed E-state index contributed by atoms with van der Waals surface area (Å²) >= 11 is 0. The van der Waals surface area contributed by atoms with Crippen LogP contribution in [0.25, 0.3) is 0 Å². The highest BCUT2D eigenvalue weighted by Gasteiger charge is 2.29. The molecule has 3 N–H and O–H groups in total. The molecule has 1 aliphatic rings. The van der Waals surface area contributed by atoms with E-state index in [1.54, 1.807) is 0 Å². The Kier molecular flexibility index (Phi) is 2.24. The Balaban J connectivity index is 2.24. The van der Waals surface area contributed by atoms with Crippen molar-refractivity contribution < 1.29 is 14.7 Å². The molecule has 1 rings (SSSR count). The van der Waals surface area contributed by atoms with Crippen molar-refractivity contribution >= 4 is 5.97 Å². The van der Waals surface area contributed by atoms with Crippen LogP contribution in [0.2, 0.25) is 0 Å². The van der Waals surface area contributed by atoms with E-state index in [1.807, 2.05) is 0 Å². The number of aliphatic carboxylic acids is 1. The molecule has 0 aromatic carbocycles. The normalized spacial score (nSPS) is 20.5. The van der Waals surface area contributed by atoms with Crippen molar-refractivity contribution in [2.45, 2.75) is 25.4 Å². The summed E-state index contributed by atoms with van der Waals surface area (Å²) in [7, 11) is 0. The van der Waals surface area contributed by atoms with Gasteiger partial charge in [0, 0.05) is 0 Å². The van der Waals surface area contributed by atoms with E-state index in [-0.39, 0.29) is 0 Å². The summed E-state index contributed by atoms with van der Waals surface area (Å²) in [5.74, 6) is 4.34. The van der Waals surface area contributed by atoms with Gasteiger partial charge in [-0.3, -0.25) is 4.84 Å². The molecule has 1 aliphatic carbocycles. The molecule has 58 valence electrons. The highest BCUT2D eigenvalue weighted by Crippen LogP contribution is 2.33. The maximum Gasteiger partial charge on any atom is 0.334 e. The minimum absolute atomic E-state index is 0.532. The van der Waals surface area contributed by atoms with Gasteiger partial charge >= 0.3 is 5.97 Å². The number of carboxylic acids is 1. The predicted octanol–water partition coefficient (Wildman–Crippen LogP) is 0.130. The van der Waals surface area contributed by atoms with E-state index in [2.05, 4.69) is 4.84 Å². The fraction of sp³-hybridized carbons (Fsp3) is 0.833. The van der Waals surface area contributed by atoms with Crippen LogP contribution in [0.15, 0.2) is 0 Å². The Labute approximate surface area is 58.9 Å². The molecule has 0 aromatic rings.